The number of nitrogens with zero attached hydrogens (tertiary/aromatic N) is 2. The molecule has 0 fully saturated rings. The standard InChI is InChI=1S/C32H32N2O/c1-21(2)18-25-20-24(27-12-8-9-13-29(27)30-17-16-26(30)22(3)4)14-15-28(25)32-34-33-31(35-32)19-23-10-6-5-7-11-23/h5-17,20-22H,18-19H2,1-4H3. The maximum Gasteiger partial charge on any atom is 0.248 e. The van der Waals surface area contributed by atoms with Gasteiger partial charge in [-0.05, 0) is 63.3 Å². The van der Waals surface area contributed by atoms with Crippen LogP contribution in [-0.4, -0.2) is 10.2 Å². The number of hydrogen-bond donors (Lipinski definition) is 0. The van der Waals surface area contributed by atoms with Crippen LogP contribution in [0.25, 0.3) is 28.2 Å². The molecule has 1 aliphatic carbocycles. The molecule has 0 saturated carbocycles. The summed E-state index contributed by atoms with van der Waals surface area (Å²) in [5.74, 6) is 2.26. The van der Waals surface area contributed by atoms with Crippen LogP contribution in [0.15, 0.2) is 94.9 Å². The molecule has 3 aromatic carbocycles. The minimum absolute atomic E-state index is 0.510. The van der Waals surface area contributed by atoms with Crippen molar-refractivity contribution in [2.75, 3.05) is 0 Å². The van der Waals surface area contributed by atoms with Gasteiger partial charge in [0.25, 0.3) is 0 Å². The Bertz CT molecular complexity index is 1390. The molecule has 0 N–H and O–H groups in total. The Morgan fingerprint density at radius 3 is 2.17 bits per heavy atom. The Labute approximate surface area is 208 Å². The van der Waals surface area contributed by atoms with Gasteiger partial charge in [-0.15, -0.1) is 10.2 Å². The minimum atomic E-state index is 0.510. The first kappa shape index (κ1) is 23.0. The van der Waals surface area contributed by atoms with E-state index in [4.69, 9.17) is 4.42 Å². The number of benzene rings is 3. The van der Waals surface area contributed by atoms with Crippen LogP contribution in [0.1, 0.15) is 50.3 Å². The van der Waals surface area contributed by atoms with Crippen LogP contribution in [0.3, 0.4) is 0 Å². The molecule has 0 spiro atoms. The molecule has 0 radical (unpaired) electrons. The normalized spacial score (nSPS) is 13.1. The van der Waals surface area contributed by atoms with Gasteiger partial charge in [0.1, 0.15) is 0 Å². The molecule has 1 heterocycles. The molecule has 0 bridgehead atoms. The summed E-state index contributed by atoms with van der Waals surface area (Å²) in [7, 11) is 0. The predicted octanol–water partition coefficient (Wildman–Crippen LogP) is 8.17. The molecule has 0 atom stereocenters. The number of aromatic nitrogens is 2. The van der Waals surface area contributed by atoms with E-state index in [1.807, 2.05) is 18.2 Å². The molecular weight excluding hydrogens is 428 g/mol. The summed E-state index contributed by atoms with van der Waals surface area (Å²) >= 11 is 0. The molecule has 0 saturated heterocycles. The van der Waals surface area contributed by atoms with E-state index in [1.54, 1.807) is 0 Å². The van der Waals surface area contributed by atoms with Gasteiger partial charge in [0, 0.05) is 5.56 Å². The van der Waals surface area contributed by atoms with Crippen LogP contribution < -0.4 is 0 Å². The van der Waals surface area contributed by atoms with Gasteiger partial charge in [0.05, 0.1) is 6.42 Å². The number of hydrogen-bond acceptors (Lipinski definition) is 3. The summed E-state index contributed by atoms with van der Waals surface area (Å²) in [4.78, 5) is 0. The third kappa shape index (κ3) is 4.90. The quantitative estimate of drug-likeness (QED) is 0.266. The molecule has 3 heteroatoms. The van der Waals surface area contributed by atoms with E-state index in [2.05, 4.69) is 105 Å². The van der Waals surface area contributed by atoms with Gasteiger partial charge in [0.2, 0.25) is 11.8 Å². The van der Waals surface area contributed by atoms with Crippen LogP contribution in [0.4, 0.5) is 0 Å². The predicted molar refractivity (Wildman–Crippen MR) is 144 cm³/mol. The lowest BCUT2D eigenvalue weighted by molar-refractivity contribution is 0.517. The van der Waals surface area contributed by atoms with Crippen molar-refractivity contribution in [3.05, 3.63) is 113 Å². The molecule has 35 heavy (non-hydrogen) atoms. The van der Waals surface area contributed by atoms with Gasteiger partial charge in [-0.1, -0.05) is 107 Å². The molecule has 5 rings (SSSR count). The Morgan fingerprint density at radius 2 is 1.49 bits per heavy atom. The fourth-order valence-corrected chi connectivity index (χ4v) is 4.76. The summed E-state index contributed by atoms with van der Waals surface area (Å²) in [5, 5.41) is 8.76. The van der Waals surface area contributed by atoms with Crippen molar-refractivity contribution < 1.29 is 4.42 Å². The summed E-state index contributed by atoms with van der Waals surface area (Å²) < 4.78 is 6.13. The molecular formula is C32H32N2O. The van der Waals surface area contributed by atoms with Crippen molar-refractivity contribution >= 4 is 5.57 Å². The second-order valence-electron chi connectivity index (χ2n) is 10.0. The highest BCUT2D eigenvalue weighted by molar-refractivity contribution is 5.92. The molecule has 3 nitrogen and oxygen atoms in total. The average Bonchev–Trinajstić information content (AvgIpc) is 3.27. The van der Waals surface area contributed by atoms with Gasteiger partial charge < -0.3 is 4.42 Å². The van der Waals surface area contributed by atoms with Crippen molar-refractivity contribution in [1.82, 2.24) is 10.2 Å². The monoisotopic (exact) mass is 460 g/mol. The lowest BCUT2D eigenvalue weighted by atomic mass is 9.82. The highest BCUT2D eigenvalue weighted by atomic mass is 16.4. The minimum Gasteiger partial charge on any atom is -0.420 e. The lowest BCUT2D eigenvalue weighted by Crippen LogP contribution is -2.04. The smallest absolute Gasteiger partial charge is 0.248 e. The molecule has 0 unspecified atom stereocenters. The van der Waals surface area contributed by atoms with Crippen molar-refractivity contribution in [1.29, 1.82) is 0 Å². The first-order valence-corrected chi connectivity index (χ1v) is 12.5. The first-order valence-electron chi connectivity index (χ1n) is 12.5. The zero-order valence-electron chi connectivity index (χ0n) is 21.0. The third-order valence-corrected chi connectivity index (χ3v) is 6.52. The molecule has 4 aromatic rings. The van der Waals surface area contributed by atoms with Gasteiger partial charge in [-0.2, -0.15) is 0 Å². The molecule has 0 aliphatic heterocycles. The Hall–Kier alpha value is -3.72. The molecule has 176 valence electrons. The largest absolute Gasteiger partial charge is 0.420 e. The van der Waals surface area contributed by atoms with E-state index in [1.165, 1.54) is 33.4 Å². The van der Waals surface area contributed by atoms with Gasteiger partial charge in [0.15, 0.2) is 0 Å². The Kier molecular flexibility index (Phi) is 6.50. The summed E-state index contributed by atoms with van der Waals surface area (Å²) in [5.41, 5.74) is 9.99. The van der Waals surface area contributed by atoms with E-state index < -0.39 is 0 Å². The highest BCUT2D eigenvalue weighted by Crippen LogP contribution is 2.39. The zero-order chi connectivity index (χ0) is 24.4. The van der Waals surface area contributed by atoms with E-state index in [9.17, 15) is 0 Å². The van der Waals surface area contributed by atoms with Crippen LogP contribution in [0, 0.1) is 11.8 Å². The van der Waals surface area contributed by atoms with Crippen molar-refractivity contribution in [2.45, 2.75) is 40.5 Å². The van der Waals surface area contributed by atoms with Crippen molar-refractivity contribution in [2.24, 2.45) is 11.8 Å². The summed E-state index contributed by atoms with van der Waals surface area (Å²) in [6.45, 7) is 9.01. The summed E-state index contributed by atoms with van der Waals surface area (Å²) in [6, 6.07) is 25.6. The van der Waals surface area contributed by atoms with E-state index in [0.717, 1.165) is 17.5 Å². The van der Waals surface area contributed by atoms with Crippen molar-refractivity contribution in [3.8, 4) is 22.6 Å². The van der Waals surface area contributed by atoms with Crippen LogP contribution in [-0.2, 0) is 12.8 Å². The van der Waals surface area contributed by atoms with Gasteiger partial charge >= 0.3 is 0 Å². The fraction of sp³-hybridized carbons (Fsp3) is 0.250. The zero-order valence-corrected chi connectivity index (χ0v) is 21.0. The number of rotatable bonds is 8. The lowest BCUT2D eigenvalue weighted by Gasteiger charge is -2.23. The Balaban J connectivity index is 1.52. The maximum absolute atomic E-state index is 6.13. The van der Waals surface area contributed by atoms with E-state index in [-0.39, 0.29) is 0 Å². The van der Waals surface area contributed by atoms with Gasteiger partial charge in [-0.3, -0.25) is 0 Å². The van der Waals surface area contributed by atoms with Crippen molar-refractivity contribution in [3.63, 3.8) is 0 Å². The second-order valence-corrected chi connectivity index (χ2v) is 10.0. The highest BCUT2D eigenvalue weighted by Gasteiger charge is 2.20. The molecule has 0 amide bonds. The Morgan fingerprint density at radius 1 is 0.743 bits per heavy atom. The average molecular weight is 461 g/mol. The third-order valence-electron chi connectivity index (χ3n) is 6.52. The maximum atomic E-state index is 6.13. The van der Waals surface area contributed by atoms with E-state index >= 15 is 0 Å². The topological polar surface area (TPSA) is 38.9 Å². The molecule has 1 aromatic heterocycles. The SMILES string of the molecule is CC(C)Cc1cc(-c2ccccc2C2=C(C(C)C)C=C2)ccc1-c1nnc(Cc2ccccc2)o1. The van der Waals surface area contributed by atoms with Crippen LogP contribution in [0.2, 0.25) is 0 Å². The fourth-order valence-electron chi connectivity index (χ4n) is 4.76. The van der Waals surface area contributed by atoms with E-state index in [0.29, 0.717) is 30.0 Å². The van der Waals surface area contributed by atoms with Gasteiger partial charge in [-0.25, -0.2) is 0 Å². The van der Waals surface area contributed by atoms with Crippen LogP contribution in [0.5, 0.6) is 0 Å². The second kappa shape index (κ2) is 9.87. The molecule has 1 aliphatic rings. The summed E-state index contributed by atoms with van der Waals surface area (Å²) in [6.07, 6.45) is 6.07. The first-order chi connectivity index (χ1) is 17.0. The number of allylic oxidation sites excluding steroid dienone is 4. The van der Waals surface area contributed by atoms with Crippen LogP contribution >= 0.6 is 0 Å².